The standard InChI is InChI=1S/C18H19FO3S/c1-18(2)14(9-12-6-7-23-17(12)21)15(18)16(20)22-10-11-4-3-5-13(19)8-11/h3-5,8-9,14-15H,6-7,10H2,1-2H3/b12-9+. The molecular weight excluding hydrogens is 315 g/mol. The minimum Gasteiger partial charge on any atom is -0.461 e. The Balaban J connectivity index is 1.62. The summed E-state index contributed by atoms with van der Waals surface area (Å²) in [5.74, 6) is 0.0125. The van der Waals surface area contributed by atoms with E-state index in [0.717, 1.165) is 17.7 Å². The maximum absolute atomic E-state index is 13.1. The van der Waals surface area contributed by atoms with E-state index >= 15 is 0 Å². The smallest absolute Gasteiger partial charge is 0.310 e. The molecule has 3 rings (SSSR count). The van der Waals surface area contributed by atoms with Crippen LogP contribution in [0.25, 0.3) is 0 Å². The van der Waals surface area contributed by atoms with Gasteiger partial charge in [0.25, 0.3) is 0 Å². The summed E-state index contributed by atoms with van der Waals surface area (Å²) in [4.78, 5) is 24.0. The molecule has 0 spiro atoms. The van der Waals surface area contributed by atoms with Crippen molar-refractivity contribution in [3.05, 3.63) is 47.3 Å². The molecule has 5 heteroatoms. The number of halogens is 1. The van der Waals surface area contributed by atoms with Gasteiger partial charge in [-0.25, -0.2) is 4.39 Å². The number of carbonyl (C=O) groups excluding carboxylic acids is 2. The van der Waals surface area contributed by atoms with E-state index in [4.69, 9.17) is 4.74 Å². The first-order valence-electron chi connectivity index (χ1n) is 7.68. The highest BCUT2D eigenvalue weighted by atomic mass is 32.2. The van der Waals surface area contributed by atoms with Crippen molar-refractivity contribution in [1.29, 1.82) is 0 Å². The molecule has 1 aromatic carbocycles. The lowest BCUT2D eigenvalue weighted by Gasteiger charge is -2.06. The summed E-state index contributed by atoms with van der Waals surface area (Å²) >= 11 is 1.33. The molecule has 122 valence electrons. The number of benzene rings is 1. The molecule has 23 heavy (non-hydrogen) atoms. The second kappa shape index (κ2) is 6.11. The van der Waals surface area contributed by atoms with Crippen LogP contribution in [0, 0.1) is 23.1 Å². The van der Waals surface area contributed by atoms with E-state index in [0.29, 0.717) is 5.56 Å². The van der Waals surface area contributed by atoms with E-state index in [1.165, 1.54) is 23.9 Å². The average molecular weight is 334 g/mol. The molecule has 0 N–H and O–H groups in total. The van der Waals surface area contributed by atoms with Gasteiger partial charge in [-0.3, -0.25) is 9.59 Å². The molecule has 2 atom stereocenters. The van der Waals surface area contributed by atoms with Crippen molar-refractivity contribution >= 4 is 22.8 Å². The fraction of sp³-hybridized carbons (Fsp3) is 0.444. The number of esters is 1. The minimum absolute atomic E-state index is 0.0418. The van der Waals surface area contributed by atoms with Crippen molar-refractivity contribution in [2.24, 2.45) is 17.3 Å². The van der Waals surface area contributed by atoms with Gasteiger partial charge in [-0.1, -0.05) is 43.8 Å². The predicted molar refractivity (Wildman–Crippen MR) is 87.1 cm³/mol. The summed E-state index contributed by atoms with van der Waals surface area (Å²) < 4.78 is 18.5. The van der Waals surface area contributed by atoms with Gasteiger partial charge in [0.15, 0.2) is 0 Å². The van der Waals surface area contributed by atoms with Gasteiger partial charge in [-0.05, 0) is 35.4 Å². The number of thioether (sulfide) groups is 1. The van der Waals surface area contributed by atoms with Crippen LogP contribution in [0.5, 0.6) is 0 Å². The molecule has 2 fully saturated rings. The van der Waals surface area contributed by atoms with Crippen LogP contribution in [0.2, 0.25) is 0 Å². The van der Waals surface area contributed by atoms with Crippen molar-refractivity contribution in [2.75, 3.05) is 5.75 Å². The van der Waals surface area contributed by atoms with Crippen LogP contribution < -0.4 is 0 Å². The molecule has 3 nitrogen and oxygen atoms in total. The summed E-state index contributed by atoms with van der Waals surface area (Å²) in [5.41, 5.74) is 1.27. The molecule has 1 saturated heterocycles. The van der Waals surface area contributed by atoms with E-state index in [9.17, 15) is 14.0 Å². The van der Waals surface area contributed by atoms with Crippen LogP contribution in [-0.2, 0) is 20.9 Å². The van der Waals surface area contributed by atoms with Gasteiger partial charge < -0.3 is 4.74 Å². The Kier molecular flexibility index (Phi) is 4.32. The van der Waals surface area contributed by atoms with Crippen molar-refractivity contribution in [1.82, 2.24) is 0 Å². The summed E-state index contributed by atoms with van der Waals surface area (Å²) in [6.07, 6.45) is 2.73. The maximum atomic E-state index is 13.1. The van der Waals surface area contributed by atoms with Gasteiger partial charge in [0, 0.05) is 11.3 Å². The lowest BCUT2D eigenvalue weighted by Crippen LogP contribution is -2.10. The molecular formula is C18H19FO3S. The number of rotatable bonds is 4. The second-order valence-electron chi connectivity index (χ2n) is 6.64. The zero-order valence-corrected chi connectivity index (χ0v) is 14.0. The molecule has 1 aliphatic heterocycles. The topological polar surface area (TPSA) is 43.4 Å². The summed E-state index contributed by atoms with van der Waals surface area (Å²) in [7, 11) is 0. The number of ether oxygens (including phenoxy) is 1. The van der Waals surface area contributed by atoms with E-state index in [1.807, 2.05) is 19.9 Å². The molecule has 0 amide bonds. The molecule has 1 heterocycles. The van der Waals surface area contributed by atoms with Crippen molar-refractivity contribution in [3.8, 4) is 0 Å². The van der Waals surface area contributed by atoms with Crippen LogP contribution in [-0.4, -0.2) is 16.8 Å². The van der Waals surface area contributed by atoms with Crippen molar-refractivity contribution < 1.29 is 18.7 Å². The molecule has 2 aliphatic rings. The SMILES string of the molecule is CC1(C)C(/C=C2\CCSC2=O)C1C(=O)OCc1cccc(F)c1. The van der Waals surface area contributed by atoms with Crippen molar-refractivity contribution in [3.63, 3.8) is 0 Å². The number of carbonyl (C=O) groups is 2. The Labute approximate surface area is 139 Å². The molecule has 1 saturated carbocycles. The van der Waals surface area contributed by atoms with E-state index in [2.05, 4.69) is 0 Å². The monoisotopic (exact) mass is 334 g/mol. The quantitative estimate of drug-likeness (QED) is 0.621. The first-order chi connectivity index (χ1) is 10.9. The van der Waals surface area contributed by atoms with E-state index in [-0.39, 0.29) is 40.8 Å². The zero-order chi connectivity index (χ0) is 16.6. The third-order valence-corrected chi connectivity index (χ3v) is 5.61. The molecule has 2 unspecified atom stereocenters. The third kappa shape index (κ3) is 3.34. The highest BCUT2D eigenvalue weighted by Gasteiger charge is 2.61. The van der Waals surface area contributed by atoms with Crippen LogP contribution in [0.15, 0.2) is 35.9 Å². The van der Waals surface area contributed by atoms with Crippen LogP contribution in [0.1, 0.15) is 25.8 Å². The van der Waals surface area contributed by atoms with Gasteiger partial charge in [0.1, 0.15) is 12.4 Å². The van der Waals surface area contributed by atoms with Gasteiger partial charge in [-0.2, -0.15) is 0 Å². The molecule has 0 radical (unpaired) electrons. The molecule has 0 bridgehead atoms. The summed E-state index contributed by atoms with van der Waals surface area (Å²) in [6.45, 7) is 4.09. The fourth-order valence-electron chi connectivity index (χ4n) is 3.13. The first kappa shape index (κ1) is 16.2. The molecule has 1 aromatic rings. The Morgan fingerprint density at radius 3 is 2.91 bits per heavy atom. The number of hydrogen-bond acceptors (Lipinski definition) is 4. The molecule has 0 aromatic heterocycles. The third-order valence-electron chi connectivity index (χ3n) is 4.68. The first-order valence-corrected chi connectivity index (χ1v) is 8.67. The van der Waals surface area contributed by atoms with Gasteiger partial charge in [-0.15, -0.1) is 0 Å². The largest absolute Gasteiger partial charge is 0.461 e. The fourth-order valence-corrected chi connectivity index (χ4v) is 3.99. The summed E-state index contributed by atoms with van der Waals surface area (Å²) in [6, 6.07) is 6.03. The van der Waals surface area contributed by atoms with Gasteiger partial charge in [0.05, 0.1) is 5.92 Å². The van der Waals surface area contributed by atoms with Gasteiger partial charge in [0.2, 0.25) is 5.12 Å². The highest BCUT2D eigenvalue weighted by Crippen LogP contribution is 2.60. The van der Waals surface area contributed by atoms with Crippen molar-refractivity contribution in [2.45, 2.75) is 26.9 Å². The minimum atomic E-state index is -0.342. The molecule has 1 aliphatic carbocycles. The maximum Gasteiger partial charge on any atom is 0.310 e. The summed E-state index contributed by atoms with van der Waals surface area (Å²) in [5, 5.41) is 0.125. The normalized spacial score (nSPS) is 27.3. The Bertz CT molecular complexity index is 681. The van der Waals surface area contributed by atoms with Crippen LogP contribution >= 0.6 is 11.8 Å². The van der Waals surface area contributed by atoms with Gasteiger partial charge >= 0.3 is 5.97 Å². The lowest BCUT2D eigenvalue weighted by molar-refractivity contribution is -0.147. The second-order valence-corrected chi connectivity index (χ2v) is 7.71. The lowest BCUT2D eigenvalue weighted by atomic mass is 10.1. The average Bonchev–Trinajstić information content (AvgIpc) is 2.81. The van der Waals surface area contributed by atoms with Crippen LogP contribution in [0.4, 0.5) is 4.39 Å². The van der Waals surface area contributed by atoms with E-state index < -0.39 is 0 Å². The van der Waals surface area contributed by atoms with E-state index in [1.54, 1.807) is 12.1 Å². The predicted octanol–water partition coefficient (Wildman–Crippen LogP) is 3.73. The Hall–Kier alpha value is -1.62. The highest BCUT2D eigenvalue weighted by molar-refractivity contribution is 8.14. The van der Waals surface area contributed by atoms with Crippen LogP contribution in [0.3, 0.4) is 0 Å². The Morgan fingerprint density at radius 2 is 2.26 bits per heavy atom. The zero-order valence-electron chi connectivity index (χ0n) is 13.2. The number of hydrogen-bond donors (Lipinski definition) is 0. The number of allylic oxidation sites excluding steroid dienone is 1. The Morgan fingerprint density at radius 1 is 1.48 bits per heavy atom.